The third kappa shape index (κ3) is 5.40. The molecule has 148 valence electrons. The Hall–Kier alpha value is -2.19. The number of aryl methyl sites for hydroxylation is 2. The highest BCUT2D eigenvalue weighted by Gasteiger charge is 2.29. The molecule has 0 bridgehead atoms. The highest BCUT2D eigenvalue weighted by Crippen LogP contribution is 2.17. The van der Waals surface area contributed by atoms with Gasteiger partial charge in [0.05, 0.1) is 18.3 Å². The molecule has 27 heavy (non-hydrogen) atoms. The zero-order chi connectivity index (χ0) is 19.2. The van der Waals surface area contributed by atoms with Crippen molar-refractivity contribution in [3.8, 4) is 0 Å². The number of nitrogens with one attached hydrogen (secondary N) is 1. The molecule has 8 heteroatoms. The quantitative estimate of drug-likeness (QED) is 0.759. The standard InChI is InChI=1S/C19H29N5O3/c1-4-5-6-17(19(25)20-18-12-15(3)26-22-18)24-9-7-23(8-10-24)13-16-11-14(2)21-27-16/h11-12,17H,4-10,13H2,1-3H3,(H,20,22,25). The van der Waals surface area contributed by atoms with Crippen molar-refractivity contribution in [2.75, 3.05) is 31.5 Å². The Morgan fingerprint density at radius 1 is 1.19 bits per heavy atom. The van der Waals surface area contributed by atoms with E-state index in [0.717, 1.165) is 63.4 Å². The molecule has 1 amide bonds. The number of nitrogens with zero attached hydrogens (tertiary/aromatic N) is 4. The SMILES string of the molecule is CCCCC(C(=O)Nc1cc(C)on1)N1CCN(Cc2cc(C)no2)CC1. The molecule has 3 heterocycles. The fraction of sp³-hybridized carbons (Fsp3) is 0.632. The molecular weight excluding hydrogens is 346 g/mol. The van der Waals surface area contributed by atoms with Gasteiger partial charge in [-0.3, -0.25) is 14.6 Å². The van der Waals surface area contributed by atoms with E-state index in [-0.39, 0.29) is 11.9 Å². The van der Waals surface area contributed by atoms with Gasteiger partial charge in [-0.2, -0.15) is 0 Å². The average Bonchev–Trinajstić information content (AvgIpc) is 3.24. The molecule has 0 aromatic carbocycles. The molecule has 0 radical (unpaired) electrons. The zero-order valence-corrected chi connectivity index (χ0v) is 16.4. The van der Waals surface area contributed by atoms with Crippen LogP contribution in [0.2, 0.25) is 0 Å². The second-order valence-corrected chi connectivity index (χ2v) is 7.22. The van der Waals surface area contributed by atoms with E-state index in [4.69, 9.17) is 9.05 Å². The van der Waals surface area contributed by atoms with Crippen LogP contribution in [-0.2, 0) is 11.3 Å². The number of hydrogen-bond acceptors (Lipinski definition) is 7. The van der Waals surface area contributed by atoms with Crippen LogP contribution in [0.3, 0.4) is 0 Å². The third-order valence-corrected chi connectivity index (χ3v) is 4.92. The van der Waals surface area contributed by atoms with Crippen LogP contribution in [0.1, 0.15) is 43.4 Å². The fourth-order valence-corrected chi connectivity index (χ4v) is 3.46. The lowest BCUT2D eigenvalue weighted by Crippen LogP contribution is -2.53. The third-order valence-electron chi connectivity index (χ3n) is 4.92. The van der Waals surface area contributed by atoms with E-state index in [9.17, 15) is 4.79 Å². The van der Waals surface area contributed by atoms with Gasteiger partial charge in [-0.1, -0.05) is 30.1 Å². The van der Waals surface area contributed by atoms with Crippen LogP contribution in [0.25, 0.3) is 0 Å². The van der Waals surface area contributed by atoms with Crippen LogP contribution in [0.5, 0.6) is 0 Å². The topological polar surface area (TPSA) is 87.6 Å². The maximum Gasteiger partial charge on any atom is 0.242 e. The zero-order valence-electron chi connectivity index (χ0n) is 16.4. The lowest BCUT2D eigenvalue weighted by Gasteiger charge is -2.38. The summed E-state index contributed by atoms with van der Waals surface area (Å²) in [5, 5.41) is 10.7. The number of rotatable bonds is 8. The van der Waals surface area contributed by atoms with Gasteiger partial charge >= 0.3 is 0 Å². The molecule has 1 atom stereocenters. The smallest absolute Gasteiger partial charge is 0.242 e. The summed E-state index contributed by atoms with van der Waals surface area (Å²) in [6, 6.07) is 3.58. The first-order chi connectivity index (χ1) is 13.0. The van der Waals surface area contributed by atoms with Crippen molar-refractivity contribution >= 4 is 11.7 Å². The summed E-state index contributed by atoms with van der Waals surface area (Å²) in [6.07, 6.45) is 2.94. The van der Waals surface area contributed by atoms with Crippen LogP contribution in [0.15, 0.2) is 21.2 Å². The van der Waals surface area contributed by atoms with Crippen molar-refractivity contribution in [1.82, 2.24) is 20.1 Å². The van der Waals surface area contributed by atoms with Crippen molar-refractivity contribution < 1.29 is 13.8 Å². The summed E-state index contributed by atoms with van der Waals surface area (Å²) in [4.78, 5) is 17.4. The lowest BCUT2D eigenvalue weighted by atomic mass is 10.1. The molecular formula is C19H29N5O3. The first-order valence-corrected chi connectivity index (χ1v) is 9.68. The van der Waals surface area contributed by atoms with E-state index in [1.165, 1.54) is 0 Å². The van der Waals surface area contributed by atoms with E-state index in [1.807, 2.05) is 19.9 Å². The number of piperazine rings is 1. The maximum atomic E-state index is 12.8. The monoisotopic (exact) mass is 375 g/mol. The Morgan fingerprint density at radius 3 is 2.56 bits per heavy atom. The molecule has 1 saturated heterocycles. The predicted octanol–water partition coefficient (Wildman–Crippen LogP) is 2.59. The van der Waals surface area contributed by atoms with Gasteiger partial charge in [0.25, 0.3) is 0 Å². The number of hydrogen-bond donors (Lipinski definition) is 1. The first kappa shape index (κ1) is 19.6. The largest absolute Gasteiger partial charge is 0.360 e. The molecule has 3 rings (SSSR count). The number of anilines is 1. The molecule has 1 fully saturated rings. The van der Waals surface area contributed by atoms with Gasteiger partial charge in [-0.15, -0.1) is 0 Å². The van der Waals surface area contributed by atoms with Gasteiger partial charge in [-0.05, 0) is 20.3 Å². The van der Waals surface area contributed by atoms with Crippen LogP contribution < -0.4 is 5.32 Å². The van der Waals surface area contributed by atoms with E-state index >= 15 is 0 Å². The summed E-state index contributed by atoms with van der Waals surface area (Å²) >= 11 is 0. The Labute approximate surface area is 159 Å². The number of unbranched alkanes of at least 4 members (excludes halogenated alkanes) is 1. The average molecular weight is 375 g/mol. The molecule has 1 aliphatic rings. The summed E-state index contributed by atoms with van der Waals surface area (Å²) in [5.74, 6) is 2.06. The highest BCUT2D eigenvalue weighted by atomic mass is 16.5. The van der Waals surface area contributed by atoms with E-state index < -0.39 is 0 Å². The van der Waals surface area contributed by atoms with Crippen LogP contribution in [-0.4, -0.2) is 58.2 Å². The van der Waals surface area contributed by atoms with Gasteiger partial charge in [0.1, 0.15) is 5.76 Å². The van der Waals surface area contributed by atoms with E-state index in [0.29, 0.717) is 11.6 Å². The Balaban J connectivity index is 1.56. The van der Waals surface area contributed by atoms with Crippen molar-refractivity contribution in [3.05, 3.63) is 29.3 Å². The fourth-order valence-electron chi connectivity index (χ4n) is 3.46. The number of amides is 1. The summed E-state index contributed by atoms with van der Waals surface area (Å²) < 4.78 is 10.4. The number of carbonyl (C=O) groups excluding carboxylic acids is 1. The number of carbonyl (C=O) groups is 1. The second kappa shape index (κ2) is 9.14. The van der Waals surface area contributed by atoms with E-state index in [1.54, 1.807) is 6.07 Å². The number of aromatic nitrogens is 2. The predicted molar refractivity (Wildman–Crippen MR) is 101 cm³/mol. The molecule has 2 aromatic heterocycles. The van der Waals surface area contributed by atoms with Crippen LogP contribution in [0.4, 0.5) is 5.82 Å². The Bertz CT molecular complexity index is 733. The van der Waals surface area contributed by atoms with Gasteiger partial charge in [0, 0.05) is 38.3 Å². The van der Waals surface area contributed by atoms with Crippen molar-refractivity contribution in [1.29, 1.82) is 0 Å². The minimum absolute atomic E-state index is 0.00365. The molecule has 8 nitrogen and oxygen atoms in total. The Morgan fingerprint density at radius 2 is 1.96 bits per heavy atom. The molecule has 0 saturated carbocycles. The normalized spacial score (nSPS) is 17.1. The second-order valence-electron chi connectivity index (χ2n) is 7.22. The molecule has 0 aliphatic carbocycles. The highest BCUT2D eigenvalue weighted by molar-refractivity contribution is 5.94. The lowest BCUT2D eigenvalue weighted by molar-refractivity contribution is -0.122. The molecule has 1 unspecified atom stereocenters. The molecule has 2 aromatic rings. The van der Waals surface area contributed by atoms with E-state index in [2.05, 4.69) is 32.4 Å². The minimum Gasteiger partial charge on any atom is -0.360 e. The van der Waals surface area contributed by atoms with Crippen molar-refractivity contribution in [2.45, 2.75) is 52.6 Å². The summed E-state index contributed by atoms with van der Waals surface area (Å²) in [7, 11) is 0. The maximum absolute atomic E-state index is 12.8. The van der Waals surface area contributed by atoms with Gasteiger partial charge in [0.15, 0.2) is 11.6 Å². The van der Waals surface area contributed by atoms with Gasteiger partial charge in [0.2, 0.25) is 5.91 Å². The molecule has 1 N–H and O–H groups in total. The minimum atomic E-state index is -0.142. The molecule has 1 aliphatic heterocycles. The van der Waals surface area contributed by atoms with Crippen molar-refractivity contribution in [3.63, 3.8) is 0 Å². The summed E-state index contributed by atoms with van der Waals surface area (Å²) in [6.45, 7) is 10.2. The molecule has 0 spiro atoms. The van der Waals surface area contributed by atoms with Crippen molar-refractivity contribution in [2.24, 2.45) is 0 Å². The Kier molecular flexibility index (Phi) is 6.63. The van der Waals surface area contributed by atoms with Crippen LogP contribution >= 0.6 is 0 Å². The van der Waals surface area contributed by atoms with Gasteiger partial charge < -0.3 is 14.4 Å². The van der Waals surface area contributed by atoms with Crippen LogP contribution in [0, 0.1) is 13.8 Å². The first-order valence-electron chi connectivity index (χ1n) is 9.68. The van der Waals surface area contributed by atoms with Gasteiger partial charge in [-0.25, -0.2) is 0 Å². The summed E-state index contributed by atoms with van der Waals surface area (Å²) in [5.41, 5.74) is 0.906.